The lowest BCUT2D eigenvalue weighted by molar-refractivity contribution is -0.128. The maximum atomic E-state index is 13.0. The summed E-state index contributed by atoms with van der Waals surface area (Å²) >= 11 is 6.06. The van der Waals surface area contributed by atoms with Crippen molar-refractivity contribution in [2.24, 2.45) is 5.92 Å². The lowest BCUT2D eigenvalue weighted by atomic mass is 9.83. The number of carbonyl (C=O) groups excluding carboxylic acids is 2. The maximum Gasteiger partial charge on any atom is 0.229 e. The average molecular weight is 371 g/mol. The number of nitrogens with one attached hydrogen (secondary N) is 2. The van der Waals surface area contributed by atoms with E-state index in [4.69, 9.17) is 11.6 Å². The molecule has 1 fully saturated rings. The monoisotopic (exact) mass is 370 g/mol. The molecule has 0 aromatic heterocycles. The highest BCUT2D eigenvalue weighted by atomic mass is 35.5. The number of piperidine rings is 1. The van der Waals surface area contributed by atoms with Crippen LogP contribution < -0.4 is 10.6 Å². The van der Waals surface area contributed by atoms with Crippen molar-refractivity contribution in [2.75, 3.05) is 5.32 Å². The molecule has 4 nitrogen and oxygen atoms in total. The van der Waals surface area contributed by atoms with Crippen molar-refractivity contribution in [3.8, 4) is 0 Å². The number of carbonyl (C=O) groups is 2. The standard InChI is InChI=1S/C21H23ClN2O2/c1-3-14-6-4-5-7-16(14)20-17(10-11-19(25)24-20)21(26)23-18-12-15(22)9-8-13(18)2/h4-9,12,17,20H,3,10-11H2,1-2H3,(H,23,26)(H,24,25)/t17-,20+/m0/s1. The van der Waals surface area contributed by atoms with Crippen LogP contribution in [0.3, 0.4) is 0 Å². The fourth-order valence-corrected chi connectivity index (χ4v) is 3.66. The summed E-state index contributed by atoms with van der Waals surface area (Å²) in [5.74, 6) is -0.422. The molecule has 2 atom stereocenters. The predicted molar refractivity (Wildman–Crippen MR) is 104 cm³/mol. The third-order valence-electron chi connectivity index (χ3n) is 4.97. The maximum absolute atomic E-state index is 13.0. The van der Waals surface area contributed by atoms with Crippen LogP contribution in [0.15, 0.2) is 42.5 Å². The van der Waals surface area contributed by atoms with Gasteiger partial charge in [0.2, 0.25) is 11.8 Å². The molecule has 1 saturated heterocycles. The van der Waals surface area contributed by atoms with E-state index in [1.807, 2.05) is 37.3 Å². The summed E-state index contributed by atoms with van der Waals surface area (Å²) in [6.45, 7) is 4.01. The lowest BCUT2D eigenvalue weighted by Crippen LogP contribution is -2.43. The van der Waals surface area contributed by atoms with Gasteiger partial charge in [-0.2, -0.15) is 0 Å². The van der Waals surface area contributed by atoms with Crippen molar-refractivity contribution in [2.45, 2.75) is 39.2 Å². The van der Waals surface area contributed by atoms with Crippen LogP contribution in [0.2, 0.25) is 5.02 Å². The number of benzene rings is 2. The zero-order valence-corrected chi connectivity index (χ0v) is 15.8. The molecule has 2 N–H and O–H groups in total. The summed E-state index contributed by atoms with van der Waals surface area (Å²) < 4.78 is 0. The molecule has 0 bridgehead atoms. The Labute approximate surface area is 158 Å². The number of amides is 2. The van der Waals surface area contributed by atoms with E-state index >= 15 is 0 Å². The molecule has 0 unspecified atom stereocenters. The molecular weight excluding hydrogens is 348 g/mol. The van der Waals surface area contributed by atoms with Crippen LogP contribution in [0.1, 0.15) is 42.5 Å². The van der Waals surface area contributed by atoms with Gasteiger partial charge >= 0.3 is 0 Å². The number of aryl methyl sites for hydroxylation is 2. The average Bonchev–Trinajstić information content (AvgIpc) is 2.64. The van der Waals surface area contributed by atoms with Gasteiger partial charge in [0.15, 0.2) is 0 Å². The first-order valence-electron chi connectivity index (χ1n) is 8.93. The zero-order valence-electron chi connectivity index (χ0n) is 15.0. The van der Waals surface area contributed by atoms with Crippen LogP contribution in [-0.4, -0.2) is 11.8 Å². The van der Waals surface area contributed by atoms with Gasteiger partial charge in [-0.3, -0.25) is 9.59 Å². The van der Waals surface area contributed by atoms with Gasteiger partial charge in [-0.05, 0) is 48.6 Å². The largest absolute Gasteiger partial charge is 0.348 e. The molecule has 1 aliphatic rings. The fourth-order valence-electron chi connectivity index (χ4n) is 3.49. The minimum Gasteiger partial charge on any atom is -0.348 e. The molecule has 2 aromatic rings. The molecule has 2 amide bonds. The predicted octanol–water partition coefficient (Wildman–Crippen LogP) is 4.42. The summed E-state index contributed by atoms with van der Waals surface area (Å²) in [5.41, 5.74) is 3.83. The van der Waals surface area contributed by atoms with Crippen LogP contribution in [0.25, 0.3) is 0 Å². The molecule has 0 saturated carbocycles. The van der Waals surface area contributed by atoms with Crippen molar-refractivity contribution in [1.82, 2.24) is 5.32 Å². The number of hydrogen-bond donors (Lipinski definition) is 2. The normalized spacial score (nSPS) is 19.7. The van der Waals surface area contributed by atoms with Crippen molar-refractivity contribution in [3.05, 3.63) is 64.2 Å². The number of anilines is 1. The van der Waals surface area contributed by atoms with Gasteiger partial charge in [0.25, 0.3) is 0 Å². The van der Waals surface area contributed by atoms with Gasteiger partial charge in [0.1, 0.15) is 0 Å². The summed E-state index contributed by atoms with van der Waals surface area (Å²) in [4.78, 5) is 25.0. The molecule has 1 aliphatic heterocycles. The van der Waals surface area contributed by atoms with E-state index in [1.165, 1.54) is 0 Å². The second-order valence-corrected chi connectivity index (χ2v) is 7.13. The fraction of sp³-hybridized carbons (Fsp3) is 0.333. The highest BCUT2D eigenvalue weighted by Crippen LogP contribution is 2.33. The SMILES string of the molecule is CCc1ccccc1[C@H]1NC(=O)CC[C@@H]1C(=O)Nc1cc(Cl)ccc1C. The van der Waals surface area contributed by atoms with Crippen molar-refractivity contribution < 1.29 is 9.59 Å². The minimum absolute atomic E-state index is 0.0103. The molecule has 2 aromatic carbocycles. The number of halogens is 1. The Balaban J connectivity index is 1.89. The molecule has 5 heteroatoms. The highest BCUT2D eigenvalue weighted by Gasteiger charge is 2.35. The van der Waals surface area contributed by atoms with Gasteiger partial charge in [-0.15, -0.1) is 0 Å². The first-order chi connectivity index (χ1) is 12.5. The van der Waals surface area contributed by atoms with E-state index in [9.17, 15) is 9.59 Å². The summed E-state index contributed by atoms with van der Waals surface area (Å²) in [7, 11) is 0. The van der Waals surface area contributed by atoms with Crippen molar-refractivity contribution in [1.29, 1.82) is 0 Å². The van der Waals surface area contributed by atoms with Gasteiger partial charge in [0.05, 0.1) is 12.0 Å². The molecule has 0 spiro atoms. The lowest BCUT2D eigenvalue weighted by Gasteiger charge is -2.33. The van der Waals surface area contributed by atoms with Gasteiger partial charge < -0.3 is 10.6 Å². The Kier molecular flexibility index (Phi) is 5.62. The summed E-state index contributed by atoms with van der Waals surface area (Å²) in [6.07, 6.45) is 1.74. The Morgan fingerprint density at radius 3 is 2.81 bits per heavy atom. The first-order valence-corrected chi connectivity index (χ1v) is 9.31. The van der Waals surface area contributed by atoms with E-state index in [-0.39, 0.29) is 23.8 Å². The molecule has 136 valence electrons. The van der Waals surface area contributed by atoms with Crippen LogP contribution in [0, 0.1) is 12.8 Å². The Hall–Kier alpha value is -2.33. The van der Waals surface area contributed by atoms with Crippen LogP contribution in [0.4, 0.5) is 5.69 Å². The molecule has 3 rings (SSSR count). The third kappa shape index (κ3) is 3.91. The molecule has 0 aliphatic carbocycles. The van der Waals surface area contributed by atoms with Crippen LogP contribution in [-0.2, 0) is 16.0 Å². The second kappa shape index (κ2) is 7.92. The molecular formula is C21H23ClN2O2. The van der Waals surface area contributed by atoms with Crippen LogP contribution >= 0.6 is 11.6 Å². The van der Waals surface area contributed by atoms with E-state index in [0.717, 1.165) is 23.1 Å². The molecule has 0 radical (unpaired) electrons. The Morgan fingerprint density at radius 2 is 2.04 bits per heavy atom. The Bertz CT molecular complexity index is 835. The minimum atomic E-state index is -0.321. The highest BCUT2D eigenvalue weighted by molar-refractivity contribution is 6.31. The molecule has 1 heterocycles. The van der Waals surface area contributed by atoms with Gasteiger partial charge in [0, 0.05) is 17.1 Å². The Morgan fingerprint density at radius 1 is 1.27 bits per heavy atom. The summed E-state index contributed by atoms with van der Waals surface area (Å²) in [5, 5.41) is 6.60. The van der Waals surface area contributed by atoms with E-state index in [2.05, 4.69) is 17.6 Å². The smallest absolute Gasteiger partial charge is 0.229 e. The van der Waals surface area contributed by atoms with E-state index < -0.39 is 0 Å². The number of rotatable bonds is 4. The van der Waals surface area contributed by atoms with E-state index in [1.54, 1.807) is 12.1 Å². The number of hydrogen-bond acceptors (Lipinski definition) is 2. The van der Waals surface area contributed by atoms with E-state index in [0.29, 0.717) is 23.6 Å². The third-order valence-corrected chi connectivity index (χ3v) is 5.20. The quantitative estimate of drug-likeness (QED) is 0.837. The second-order valence-electron chi connectivity index (χ2n) is 6.69. The van der Waals surface area contributed by atoms with Gasteiger partial charge in [-0.1, -0.05) is 48.9 Å². The van der Waals surface area contributed by atoms with Gasteiger partial charge in [-0.25, -0.2) is 0 Å². The molecule has 26 heavy (non-hydrogen) atoms. The topological polar surface area (TPSA) is 58.2 Å². The van der Waals surface area contributed by atoms with Crippen molar-refractivity contribution in [3.63, 3.8) is 0 Å². The zero-order chi connectivity index (χ0) is 18.7. The summed E-state index contributed by atoms with van der Waals surface area (Å²) in [6, 6.07) is 13.1. The van der Waals surface area contributed by atoms with Crippen LogP contribution in [0.5, 0.6) is 0 Å². The first kappa shape index (κ1) is 18.5. The van der Waals surface area contributed by atoms with Crippen molar-refractivity contribution >= 4 is 29.1 Å².